The lowest BCUT2D eigenvalue weighted by Gasteiger charge is -2.33. The molecule has 2 fully saturated rings. The Morgan fingerprint density at radius 3 is 2.62 bits per heavy atom. The van der Waals surface area contributed by atoms with Crippen LogP contribution < -0.4 is 5.32 Å². The number of amides is 1. The summed E-state index contributed by atoms with van der Waals surface area (Å²) in [4.78, 5) is 14.2. The SMILES string of the molecule is Cc1cc(C(=O)N2CCC3(CCNCC3)C2)c(F)cc1F. The molecule has 0 unspecified atom stereocenters. The Kier molecular flexibility index (Phi) is 3.69. The monoisotopic (exact) mass is 294 g/mol. The summed E-state index contributed by atoms with van der Waals surface area (Å²) in [5, 5.41) is 3.33. The second-order valence-corrected chi connectivity index (χ2v) is 6.31. The van der Waals surface area contributed by atoms with Gasteiger partial charge in [0, 0.05) is 19.2 Å². The van der Waals surface area contributed by atoms with Crippen LogP contribution in [0.5, 0.6) is 0 Å². The normalized spacial score (nSPS) is 21.0. The van der Waals surface area contributed by atoms with Gasteiger partial charge < -0.3 is 10.2 Å². The number of hydrogen-bond donors (Lipinski definition) is 1. The van der Waals surface area contributed by atoms with Gasteiger partial charge >= 0.3 is 0 Å². The standard InChI is InChI=1S/C16H20F2N2O/c1-11-8-12(14(18)9-13(11)17)15(21)20-7-4-16(10-20)2-5-19-6-3-16/h8-9,19H,2-7,10H2,1H3. The van der Waals surface area contributed by atoms with Gasteiger partial charge in [0.15, 0.2) is 0 Å². The van der Waals surface area contributed by atoms with E-state index in [9.17, 15) is 13.6 Å². The van der Waals surface area contributed by atoms with E-state index in [4.69, 9.17) is 0 Å². The van der Waals surface area contributed by atoms with E-state index < -0.39 is 11.6 Å². The molecule has 21 heavy (non-hydrogen) atoms. The number of carbonyl (C=O) groups excluding carboxylic acids is 1. The molecule has 2 aliphatic rings. The molecular formula is C16H20F2N2O. The Hall–Kier alpha value is -1.49. The number of nitrogens with zero attached hydrogens (tertiary/aromatic N) is 1. The average molecular weight is 294 g/mol. The van der Waals surface area contributed by atoms with Gasteiger partial charge in [-0.1, -0.05) is 0 Å². The van der Waals surface area contributed by atoms with Crippen LogP contribution in [0.1, 0.15) is 35.2 Å². The van der Waals surface area contributed by atoms with Crippen LogP contribution in [-0.2, 0) is 0 Å². The van der Waals surface area contributed by atoms with Crippen molar-refractivity contribution < 1.29 is 13.6 Å². The minimum absolute atomic E-state index is 0.0140. The van der Waals surface area contributed by atoms with E-state index in [2.05, 4.69) is 5.32 Å². The first-order chi connectivity index (χ1) is 10.0. The molecule has 0 atom stereocenters. The summed E-state index contributed by atoms with van der Waals surface area (Å²) in [6.07, 6.45) is 3.09. The number of rotatable bonds is 1. The van der Waals surface area contributed by atoms with E-state index in [1.165, 1.54) is 6.07 Å². The summed E-state index contributed by atoms with van der Waals surface area (Å²) in [6.45, 7) is 4.85. The maximum atomic E-state index is 13.9. The van der Waals surface area contributed by atoms with Crippen LogP contribution in [0.25, 0.3) is 0 Å². The Morgan fingerprint density at radius 1 is 1.19 bits per heavy atom. The molecule has 1 aromatic rings. The van der Waals surface area contributed by atoms with Crippen molar-refractivity contribution in [3.05, 3.63) is 34.9 Å². The molecule has 0 aromatic heterocycles. The first-order valence-electron chi connectivity index (χ1n) is 7.46. The van der Waals surface area contributed by atoms with Gasteiger partial charge in [-0.2, -0.15) is 0 Å². The molecule has 2 heterocycles. The van der Waals surface area contributed by atoms with Gasteiger partial charge in [0.2, 0.25) is 0 Å². The van der Waals surface area contributed by atoms with Crippen LogP contribution in [0.3, 0.4) is 0 Å². The van der Waals surface area contributed by atoms with Crippen LogP contribution in [0.2, 0.25) is 0 Å². The zero-order valence-electron chi connectivity index (χ0n) is 12.2. The smallest absolute Gasteiger partial charge is 0.256 e. The van der Waals surface area contributed by atoms with Crippen LogP contribution in [0, 0.1) is 24.0 Å². The van der Waals surface area contributed by atoms with Crippen LogP contribution in [0.15, 0.2) is 12.1 Å². The van der Waals surface area contributed by atoms with Crippen molar-refractivity contribution in [2.45, 2.75) is 26.2 Å². The molecule has 5 heteroatoms. The maximum absolute atomic E-state index is 13.9. The number of likely N-dealkylation sites (tertiary alicyclic amines) is 1. The number of nitrogens with one attached hydrogen (secondary N) is 1. The summed E-state index contributed by atoms with van der Waals surface area (Å²) in [6, 6.07) is 2.12. The van der Waals surface area contributed by atoms with Crippen molar-refractivity contribution in [2.24, 2.45) is 5.41 Å². The molecule has 3 nitrogen and oxygen atoms in total. The lowest BCUT2D eigenvalue weighted by atomic mass is 9.78. The number of carbonyl (C=O) groups is 1. The fourth-order valence-corrected chi connectivity index (χ4v) is 3.47. The summed E-state index contributed by atoms with van der Waals surface area (Å²) >= 11 is 0. The Balaban J connectivity index is 1.79. The van der Waals surface area contributed by atoms with Crippen molar-refractivity contribution in [1.82, 2.24) is 10.2 Å². The largest absolute Gasteiger partial charge is 0.338 e. The third-order valence-corrected chi connectivity index (χ3v) is 4.87. The molecule has 114 valence electrons. The van der Waals surface area contributed by atoms with Gasteiger partial charge in [-0.15, -0.1) is 0 Å². The zero-order chi connectivity index (χ0) is 15.0. The molecule has 1 spiro atoms. The minimum Gasteiger partial charge on any atom is -0.338 e. The molecule has 1 N–H and O–H groups in total. The molecule has 0 saturated carbocycles. The van der Waals surface area contributed by atoms with Gasteiger partial charge in [-0.05, 0) is 56.3 Å². The molecule has 2 aliphatic heterocycles. The van der Waals surface area contributed by atoms with E-state index in [-0.39, 0.29) is 16.9 Å². The van der Waals surface area contributed by atoms with E-state index in [1.807, 2.05) is 0 Å². The molecule has 1 amide bonds. The van der Waals surface area contributed by atoms with Gasteiger partial charge in [-0.3, -0.25) is 4.79 Å². The molecule has 3 rings (SSSR count). The van der Waals surface area contributed by atoms with Crippen molar-refractivity contribution >= 4 is 5.91 Å². The highest BCUT2D eigenvalue weighted by molar-refractivity contribution is 5.95. The summed E-state index contributed by atoms with van der Waals surface area (Å²) in [5.41, 5.74) is 0.474. The summed E-state index contributed by atoms with van der Waals surface area (Å²) in [7, 11) is 0. The lowest BCUT2D eigenvalue weighted by Crippen LogP contribution is -2.39. The predicted molar refractivity (Wildman–Crippen MR) is 76.2 cm³/mol. The first kappa shape index (κ1) is 14.4. The average Bonchev–Trinajstić information content (AvgIpc) is 2.87. The zero-order valence-corrected chi connectivity index (χ0v) is 12.2. The van der Waals surface area contributed by atoms with Crippen molar-refractivity contribution in [1.29, 1.82) is 0 Å². The molecule has 2 saturated heterocycles. The van der Waals surface area contributed by atoms with Crippen LogP contribution >= 0.6 is 0 Å². The van der Waals surface area contributed by atoms with E-state index in [1.54, 1.807) is 11.8 Å². The summed E-state index contributed by atoms with van der Waals surface area (Å²) < 4.78 is 27.2. The topological polar surface area (TPSA) is 32.3 Å². The fourth-order valence-electron chi connectivity index (χ4n) is 3.47. The second-order valence-electron chi connectivity index (χ2n) is 6.31. The molecule has 0 radical (unpaired) electrons. The second kappa shape index (κ2) is 5.37. The van der Waals surface area contributed by atoms with Crippen LogP contribution in [-0.4, -0.2) is 37.0 Å². The fraction of sp³-hybridized carbons (Fsp3) is 0.562. The highest BCUT2D eigenvalue weighted by atomic mass is 19.1. The van der Waals surface area contributed by atoms with Crippen molar-refractivity contribution in [2.75, 3.05) is 26.2 Å². The van der Waals surface area contributed by atoms with Gasteiger partial charge in [0.1, 0.15) is 11.6 Å². The number of halogens is 2. The van der Waals surface area contributed by atoms with E-state index in [0.717, 1.165) is 38.4 Å². The quantitative estimate of drug-likeness (QED) is 0.863. The maximum Gasteiger partial charge on any atom is 0.256 e. The Morgan fingerprint density at radius 2 is 1.90 bits per heavy atom. The number of piperidine rings is 1. The van der Waals surface area contributed by atoms with Crippen molar-refractivity contribution in [3.8, 4) is 0 Å². The molecule has 0 bridgehead atoms. The summed E-state index contributed by atoms with van der Waals surface area (Å²) in [5.74, 6) is -1.69. The third kappa shape index (κ3) is 2.67. The van der Waals surface area contributed by atoms with Gasteiger partial charge in [0.05, 0.1) is 5.56 Å². The molecule has 0 aliphatic carbocycles. The highest BCUT2D eigenvalue weighted by Gasteiger charge is 2.41. The predicted octanol–water partition coefficient (Wildman–Crippen LogP) is 2.49. The minimum atomic E-state index is -0.769. The third-order valence-electron chi connectivity index (χ3n) is 4.87. The number of aryl methyl sites for hydroxylation is 1. The Bertz CT molecular complexity index is 568. The number of benzene rings is 1. The van der Waals surface area contributed by atoms with Gasteiger partial charge in [-0.25, -0.2) is 8.78 Å². The van der Waals surface area contributed by atoms with Crippen molar-refractivity contribution in [3.63, 3.8) is 0 Å². The van der Waals surface area contributed by atoms with E-state index >= 15 is 0 Å². The Labute approximate surface area is 123 Å². The van der Waals surface area contributed by atoms with Crippen LogP contribution in [0.4, 0.5) is 8.78 Å². The highest BCUT2D eigenvalue weighted by Crippen LogP contribution is 2.39. The van der Waals surface area contributed by atoms with Gasteiger partial charge in [0.25, 0.3) is 5.91 Å². The molecule has 1 aromatic carbocycles. The molecular weight excluding hydrogens is 274 g/mol. The first-order valence-corrected chi connectivity index (χ1v) is 7.46. The number of hydrogen-bond acceptors (Lipinski definition) is 2. The van der Waals surface area contributed by atoms with E-state index in [0.29, 0.717) is 18.7 Å². The lowest BCUT2D eigenvalue weighted by molar-refractivity contribution is 0.0757.